The van der Waals surface area contributed by atoms with Crippen LogP contribution in [0, 0.1) is 0 Å². The van der Waals surface area contributed by atoms with Crippen LogP contribution in [-0.2, 0) is 9.53 Å². The van der Waals surface area contributed by atoms with E-state index in [-0.39, 0.29) is 12.4 Å². The second-order valence-corrected chi connectivity index (χ2v) is 3.50. The molecule has 0 aromatic carbocycles. The Labute approximate surface area is 92.8 Å². The molecule has 0 amide bonds. The molecule has 0 aliphatic rings. The van der Waals surface area contributed by atoms with Gasteiger partial charge in [0.05, 0.1) is 31.5 Å². The van der Waals surface area contributed by atoms with Crippen molar-refractivity contribution in [3.63, 3.8) is 0 Å². The molecule has 0 saturated carbocycles. The van der Waals surface area contributed by atoms with E-state index in [0.29, 0.717) is 0 Å². The SMILES string of the molecule is COC(=O)C[C@H](N)c1cnc2ccccn12. The molecule has 2 rings (SSSR count). The average Bonchev–Trinajstić information content (AvgIpc) is 2.72. The number of nitrogens with two attached hydrogens (primary N) is 1. The van der Waals surface area contributed by atoms with Gasteiger partial charge in [-0.15, -0.1) is 0 Å². The van der Waals surface area contributed by atoms with Crippen molar-refractivity contribution < 1.29 is 9.53 Å². The molecule has 0 fully saturated rings. The molecular weight excluding hydrogens is 206 g/mol. The molecule has 5 nitrogen and oxygen atoms in total. The lowest BCUT2D eigenvalue weighted by Crippen LogP contribution is -2.17. The van der Waals surface area contributed by atoms with Gasteiger partial charge in [-0.3, -0.25) is 4.79 Å². The topological polar surface area (TPSA) is 69.6 Å². The Morgan fingerprint density at radius 1 is 1.62 bits per heavy atom. The van der Waals surface area contributed by atoms with Gasteiger partial charge in [-0.1, -0.05) is 6.07 Å². The largest absolute Gasteiger partial charge is 0.469 e. The highest BCUT2D eigenvalue weighted by atomic mass is 16.5. The Hall–Kier alpha value is -1.88. The van der Waals surface area contributed by atoms with Crippen LogP contribution in [0.1, 0.15) is 18.2 Å². The highest BCUT2D eigenvalue weighted by molar-refractivity contribution is 5.70. The fraction of sp³-hybridized carbons (Fsp3) is 0.273. The summed E-state index contributed by atoms with van der Waals surface area (Å²) in [5.74, 6) is -0.321. The summed E-state index contributed by atoms with van der Waals surface area (Å²) in [5, 5.41) is 0. The number of aromatic nitrogens is 2. The fourth-order valence-corrected chi connectivity index (χ4v) is 1.59. The number of methoxy groups -OCH3 is 1. The van der Waals surface area contributed by atoms with Gasteiger partial charge in [0.1, 0.15) is 5.65 Å². The van der Waals surface area contributed by atoms with Gasteiger partial charge in [-0.05, 0) is 12.1 Å². The molecular formula is C11H13N3O2. The Kier molecular flexibility index (Phi) is 2.87. The van der Waals surface area contributed by atoms with Gasteiger partial charge in [-0.25, -0.2) is 4.98 Å². The number of nitrogens with zero attached hydrogens (tertiary/aromatic N) is 2. The molecule has 84 valence electrons. The summed E-state index contributed by atoms with van der Waals surface area (Å²) in [6.07, 6.45) is 3.71. The van der Waals surface area contributed by atoms with E-state index in [1.54, 1.807) is 6.20 Å². The molecule has 16 heavy (non-hydrogen) atoms. The molecule has 0 bridgehead atoms. The van der Waals surface area contributed by atoms with E-state index in [1.165, 1.54) is 7.11 Å². The van der Waals surface area contributed by atoms with Gasteiger partial charge in [0.25, 0.3) is 0 Å². The van der Waals surface area contributed by atoms with Crippen LogP contribution < -0.4 is 5.73 Å². The van der Waals surface area contributed by atoms with Gasteiger partial charge in [0.2, 0.25) is 0 Å². The standard InChI is InChI=1S/C11H13N3O2/c1-16-11(15)6-8(12)9-7-13-10-4-2-3-5-14(9)10/h2-5,7-8H,6,12H2,1H3/t8-/m0/s1. The molecule has 1 atom stereocenters. The van der Waals surface area contributed by atoms with Gasteiger partial charge >= 0.3 is 5.97 Å². The average molecular weight is 219 g/mol. The van der Waals surface area contributed by atoms with E-state index in [1.807, 2.05) is 28.8 Å². The normalized spacial score (nSPS) is 12.6. The Morgan fingerprint density at radius 2 is 2.44 bits per heavy atom. The zero-order valence-electron chi connectivity index (χ0n) is 8.96. The smallest absolute Gasteiger partial charge is 0.307 e. The third-order valence-corrected chi connectivity index (χ3v) is 2.44. The molecule has 0 aliphatic heterocycles. The number of carbonyl (C=O) groups is 1. The monoisotopic (exact) mass is 219 g/mol. The Bertz CT molecular complexity index is 507. The van der Waals surface area contributed by atoms with Crippen LogP contribution in [0.15, 0.2) is 30.6 Å². The van der Waals surface area contributed by atoms with Crippen molar-refractivity contribution in [3.8, 4) is 0 Å². The maximum atomic E-state index is 11.1. The van der Waals surface area contributed by atoms with Crippen molar-refractivity contribution in [3.05, 3.63) is 36.3 Å². The number of rotatable bonds is 3. The van der Waals surface area contributed by atoms with Gasteiger partial charge in [0, 0.05) is 6.20 Å². The van der Waals surface area contributed by atoms with Crippen molar-refractivity contribution >= 4 is 11.6 Å². The van der Waals surface area contributed by atoms with E-state index in [2.05, 4.69) is 9.72 Å². The lowest BCUT2D eigenvalue weighted by Gasteiger charge is -2.09. The number of esters is 1. The van der Waals surface area contributed by atoms with Crippen LogP contribution in [0.3, 0.4) is 0 Å². The van der Waals surface area contributed by atoms with Crippen LogP contribution >= 0.6 is 0 Å². The third kappa shape index (κ3) is 1.90. The first-order valence-electron chi connectivity index (χ1n) is 4.96. The van der Waals surface area contributed by atoms with E-state index in [9.17, 15) is 4.79 Å². The molecule has 0 saturated heterocycles. The molecule has 5 heteroatoms. The highest BCUT2D eigenvalue weighted by Gasteiger charge is 2.15. The summed E-state index contributed by atoms with van der Waals surface area (Å²) >= 11 is 0. The number of fused-ring (bicyclic) bond motifs is 1. The molecule has 2 heterocycles. The summed E-state index contributed by atoms with van der Waals surface area (Å²) in [6.45, 7) is 0. The van der Waals surface area contributed by atoms with E-state index in [4.69, 9.17) is 5.73 Å². The maximum Gasteiger partial charge on any atom is 0.307 e. The minimum atomic E-state index is -0.398. The molecule has 2 aromatic rings. The minimum absolute atomic E-state index is 0.152. The van der Waals surface area contributed by atoms with Crippen LogP contribution in [0.2, 0.25) is 0 Å². The number of pyridine rings is 1. The fourth-order valence-electron chi connectivity index (χ4n) is 1.59. The molecule has 0 spiro atoms. The van der Waals surface area contributed by atoms with E-state index < -0.39 is 6.04 Å². The second-order valence-electron chi connectivity index (χ2n) is 3.50. The molecule has 0 radical (unpaired) electrons. The number of hydrogen-bond acceptors (Lipinski definition) is 4. The molecule has 0 unspecified atom stereocenters. The summed E-state index contributed by atoms with van der Waals surface area (Å²) in [4.78, 5) is 15.3. The van der Waals surface area contributed by atoms with E-state index in [0.717, 1.165) is 11.3 Å². The lowest BCUT2D eigenvalue weighted by molar-refractivity contribution is -0.141. The zero-order valence-corrected chi connectivity index (χ0v) is 8.96. The predicted octanol–water partition coefficient (Wildman–Crippen LogP) is 0.897. The second kappa shape index (κ2) is 4.32. The van der Waals surface area contributed by atoms with Crippen molar-refractivity contribution in [1.82, 2.24) is 9.38 Å². The molecule has 2 N–H and O–H groups in total. The molecule has 0 aliphatic carbocycles. The Morgan fingerprint density at radius 3 is 3.19 bits per heavy atom. The summed E-state index contributed by atoms with van der Waals surface area (Å²) in [6, 6.07) is 5.28. The summed E-state index contributed by atoms with van der Waals surface area (Å²) in [7, 11) is 1.35. The van der Waals surface area contributed by atoms with Crippen molar-refractivity contribution in [2.45, 2.75) is 12.5 Å². The van der Waals surface area contributed by atoms with Crippen molar-refractivity contribution in [1.29, 1.82) is 0 Å². The predicted molar refractivity (Wildman–Crippen MR) is 58.8 cm³/mol. The minimum Gasteiger partial charge on any atom is -0.469 e. The first kappa shape index (κ1) is 10.6. The maximum absolute atomic E-state index is 11.1. The quantitative estimate of drug-likeness (QED) is 0.778. The van der Waals surface area contributed by atoms with E-state index >= 15 is 0 Å². The third-order valence-electron chi connectivity index (χ3n) is 2.44. The first-order valence-corrected chi connectivity index (χ1v) is 4.96. The first-order chi connectivity index (χ1) is 7.72. The van der Waals surface area contributed by atoms with Gasteiger partial charge < -0.3 is 14.9 Å². The van der Waals surface area contributed by atoms with Crippen LogP contribution in [0.5, 0.6) is 0 Å². The number of imidazole rings is 1. The van der Waals surface area contributed by atoms with Crippen LogP contribution in [0.25, 0.3) is 5.65 Å². The number of hydrogen-bond donors (Lipinski definition) is 1. The summed E-state index contributed by atoms with van der Waals surface area (Å²) < 4.78 is 6.45. The van der Waals surface area contributed by atoms with Crippen LogP contribution in [0.4, 0.5) is 0 Å². The van der Waals surface area contributed by atoms with Crippen molar-refractivity contribution in [2.24, 2.45) is 5.73 Å². The van der Waals surface area contributed by atoms with Crippen LogP contribution in [-0.4, -0.2) is 22.5 Å². The number of ether oxygens (including phenoxy) is 1. The molecule has 2 aromatic heterocycles. The Balaban J connectivity index is 2.29. The number of carbonyl (C=O) groups excluding carboxylic acids is 1. The van der Waals surface area contributed by atoms with Crippen molar-refractivity contribution in [2.75, 3.05) is 7.11 Å². The van der Waals surface area contributed by atoms with Gasteiger partial charge in [0.15, 0.2) is 0 Å². The zero-order chi connectivity index (χ0) is 11.5. The summed E-state index contributed by atoms with van der Waals surface area (Å²) in [5.41, 5.74) is 7.54. The van der Waals surface area contributed by atoms with Gasteiger partial charge in [-0.2, -0.15) is 0 Å². The highest BCUT2D eigenvalue weighted by Crippen LogP contribution is 2.16. The lowest BCUT2D eigenvalue weighted by atomic mass is 10.1.